The lowest BCUT2D eigenvalue weighted by molar-refractivity contribution is -0.137. The van der Waals surface area contributed by atoms with Crippen molar-refractivity contribution in [3.8, 4) is 0 Å². The summed E-state index contributed by atoms with van der Waals surface area (Å²) >= 11 is 0. The molecule has 0 fully saturated rings. The number of hydrogen-bond acceptors (Lipinski definition) is 2. The van der Waals surface area contributed by atoms with Crippen LogP contribution in [0, 0.1) is 0 Å². The van der Waals surface area contributed by atoms with E-state index in [1.165, 1.54) is 12.1 Å². The Bertz CT molecular complexity index is 439. The van der Waals surface area contributed by atoms with Crippen LogP contribution in [0.3, 0.4) is 0 Å². The van der Waals surface area contributed by atoms with Crippen LogP contribution in [0.15, 0.2) is 24.3 Å². The van der Waals surface area contributed by atoms with Gasteiger partial charge in [0, 0.05) is 0 Å². The zero-order valence-corrected chi connectivity index (χ0v) is 11.6. The molecule has 0 heterocycles. The molecule has 0 amide bonds. The fraction of sp³-hybridized carbons (Fsp3) is 0.500. The maximum Gasteiger partial charge on any atom is 0.416 e. The van der Waals surface area contributed by atoms with Gasteiger partial charge in [0.05, 0.1) is 5.56 Å². The van der Waals surface area contributed by atoms with Crippen molar-refractivity contribution in [1.82, 2.24) is 0 Å². The van der Waals surface area contributed by atoms with E-state index < -0.39 is 25.6 Å². The van der Waals surface area contributed by atoms with Gasteiger partial charge in [0.2, 0.25) is 0 Å². The molecule has 1 aromatic carbocycles. The van der Waals surface area contributed by atoms with E-state index in [2.05, 4.69) is 0 Å². The van der Waals surface area contributed by atoms with Crippen LogP contribution in [0.2, 0.25) is 0 Å². The molecular weight excluding hydrogens is 280 g/mol. The molecule has 0 bridgehead atoms. The summed E-state index contributed by atoms with van der Waals surface area (Å²) in [6.45, 7) is 3.51. The van der Waals surface area contributed by atoms with E-state index in [1.54, 1.807) is 13.8 Å². The van der Waals surface area contributed by atoms with Gasteiger partial charge in [-0.3, -0.25) is 9.09 Å². The minimum Gasteiger partial charge on any atom is -0.326 e. The number of halogens is 3. The van der Waals surface area contributed by atoms with Crippen LogP contribution in [-0.4, -0.2) is 4.89 Å². The summed E-state index contributed by atoms with van der Waals surface area (Å²) in [6, 6.07) is 4.49. The molecule has 0 radical (unpaired) electrons. The van der Waals surface area contributed by atoms with E-state index in [0.29, 0.717) is 18.4 Å². The molecule has 0 aliphatic carbocycles. The predicted octanol–water partition coefficient (Wildman–Crippen LogP) is 4.12. The second-order valence-electron chi connectivity index (χ2n) is 4.14. The number of alkyl halides is 3. The summed E-state index contributed by atoms with van der Waals surface area (Å²) in [7, 11) is -3.17. The first kappa shape index (κ1) is 16.2. The smallest absolute Gasteiger partial charge is 0.326 e. The van der Waals surface area contributed by atoms with Gasteiger partial charge in [-0.05, 0) is 30.5 Å². The summed E-state index contributed by atoms with van der Waals surface area (Å²) in [4.78, 5) is 8.94. The Balaban J connectivity index is 3.14. The second kappa shape index (κ2) is 6.07. The van der Waals surface area contributed by atoms with Crippen molar-refractivity contribution >= 4 is 8.25 Å². The third-order valence-corrected chi connectivity index (χ3v) is 3.73. The van der Waals surface area contributed by atoms with Crippen molar-refractivity contribution < 1.29 is 27.2 Å². The Kier molecular flexibility index (Phi) is 5.18. The molecule has 0 spiro atoms. The monoisotopic (exact) mass is 296 g/mol. The van der Waals surface area contributed by atoms with Crippen molar-refractivity contribution in [2.75, 3.05) is 0 Å². The molecule has 7 heteroatoms. The van der Waals surface area contributed by atoms with Crippen molar-refractivity contribution in [3.05, 3.63) is 35.4 Å². The Morgan fingerprint density at radius 1 is 1.11 bits per heavy atom. The first-order valence-electron chi connectivity index (χ1n) is 5.85. The fourth-order valence-electron chi connectivity index (χ4n) is 1.99. The van der Waals surface area contributed by atoms with Crippen LogP contribution >= 0.6 is 8.25 Å². The molecule has 1 unspecified atom stereocenters. The molecule has 3 nitrogen and oxygen atoms in total. The van der Waals surface area contributed by atoms with Crippen LogP contribution < -0.4 is 0 Å². The van der Waals surface area contributed by atoms with Gasteiger partial charge in [0.1, 0.15) is 5.60 Å². The highest BCUT2D eigenvalue weighted by atomic mass is 31.1. The van der Waals surface area contributed by atoms with Crippen LogP contribution in [0.4, 0.5) is 13.2 Å². The lowest BCUT2D eigenvalue weighted by Crippen LogP contribution is -2.25. The summed E-state index contributed by atoms with van der Waals surface area (Å²) in [6.07, 6.45) is -3.61. The molecule has 1 N–H and O–H groups in total. The average molecular weight is 296 g/mol. The van der Waals surface area contributed by atoms with Crippen LogP contribution in [0.25, 0.3) is 0 Å². The highest BCUT2D eigenvalue weighted by Gasteiger charge is 2.34. The summed E-state index contributed by atoms with van der Waals surface area (Å²) in [5, 5.41) is 0. The Hall–Kier alpha value is -0.840. The van der Waals surface area contributed by atoms with Crippen molar-refractivity contribution in [3.63, 3.8) is 0 Å². The van der Waals surface area contributed by atoms with E-state index in [0.717, 1.165) is 12.1 Å². The lowest BCUT2D eigenvalue weighted by atomic mass is 9.88. The van der Waals surface area contributed by atoms with E-state index in [1.807, 2.05) is 0 Å². The highest BCUT2D eigenvalue weighted by molar-refractivity contribution is 7.32. The molecule has 1 atom stereocenters. The Labute approximate surface area is 110 Å². The molecular formula is C12H16F3O3P. The zero-order chi connectivity index (χ0) is 14.7. The first-order valence-corrected chi connectivity index (χ1v) is 7.11. The van der Waals surface area contributed by atoms with Gasteiger partial charge in [0.15, 0.2) is 0 Å². The standard InChI is InChI=1S/C12H16F3O3P/c1-3-11(4-2,18-19(16)17)9-5-7-10(8-6-9)12(13,14)15/h5-8,19H,3-4H2,1-2H3,(H,16,17). The van der Waals surface area contributed by atoms with Gasteiger partial charge in [-0.15, -0.1) is 0 Å². The second-order valence-corrected chi connectivity index (χ2v) is 4.88. The molecule has 108 valence electrons. The third-order valence-electron chi connectivity index (χ3n) is 3.16. The van der Waals surface area contributed by atoms with E-state index in [9.17, 15) is 17.7 Å². The number of benzene rings is 1. The minimum atomic E-state index is -4.40. The number of hydrogen-bond donors (Lipinski definition) is 1. The van der Waals surface area contributed by atoms with Crippen molar-refractivity contribution in [2.45, 2.75) is 38.5 Å². The topological polar surface area (TPSA) is 46.5 Å². The predicted molar refractivity (Wildman–Crippen MR) is 66.0 cm³/mol. The Morgan fingerprint density at radius 2 is 1.53 bits per heavy atom. The fourth-order valence-corrected chi connectivity index (χ4v) is 2.73. The highest BCUT2D eigenvalue weighted by Crippen LogP contribution is 2.41. The summed E-state index contributed by atoms with van der Waals surface area (Å²) in [5.41, 5.74) is -1.30. The quantitative estimate of drug-likeness (QED) is 0.831. The summed E-state index contributed by atoms with van der Waals surface area (Å²) < 4.78 is 53.4. The maximum atomic E-state index is 12.5. The van der Waals surface area contributed by atoms with Crippen LogP contribution in [-0.2, 0) is 20.9 Å². The molecule has 19 heavy (non-hydrogen) atoms. The van der Waals surface area contributed by atoms with Gasteiger partial charge in [-0.1, -0.05) is 26.0 Å². The van der Waals surface area contributed by atoms with E-state index in [-0.39, 0.29) is 0 Å². The molecule has 1 aromatic rings. The largest absolute Gasteiger partial charge is 0.416 e. The van der Waals surface area contributed by atoms with Gasteiger partial charge < -0.3 is 4.89 Å². The van der Waals surface area contributed by atoms with Crippen LogP contribution in [0.1, 0.15) is 37.8 Å². The third kappa shape index (κ3) is 3.81. The zero-order valence-electron chi connectivity index (χ0n) is 10.6. The molecule has 0 saturated carbocycles. The SMILES string of the molecule is CCC(CC)(O[PH](=O)O)c1ccc(C(F)(F)F)cc1. The molecule has 0 aromatic heterocycles. The molecule has 0 saturated heterocycles. The van der Waals surface area contributed by atoms with Gasteiger partial charge in [-0.2, -0.15) is 13.2 Å². The minimum absolute atomic E-state index is 0.395. The molecule has 0 aliphatic heterocycles. The van der Waals surface area contributed by atoms with Gasteiger partial charge in [0.25, 0.3) is 0 Å². The van der Waals surface area contributed by atoms with Gasteiger partial charge in [-0.25, -0.2) is 0 Å². The lowest BCUT2D eigenvalue weighted by Gasteiger charge is -2.31. The van der Waals surface area contributed by atoms with Crippen molar-refractivity contribution in [1.29, 1.82) is 0 Å². The molecule has 0 aliphatic rings. The first-order chi connectivity index (χ1) is 8.75. The van der Waals surface area contributed by atoms with E-state index in [4.69, 9.17) is 9.42 Å². The van der Waals surface area contributed by atoms with E-state index >= 15 is 0 Å². The molecule has 1 rings (SSSR count). The summed E-state index contributed by atoms with van der Waals surface area (Å²) in [5.74, 6) is 0. The van der Waals surface area contributed by atoms with Crippen LogP contribution in [0.5, 0.6) is 0 Å². The normalized spacial score (nSPS) is 14.4. The number of rotatable bonds is 5. The van der Waals surface area contributed by atoms with Gasteiger partial charge >= 0.3 is 14.4 Å². The maximum absolute atomic E-state index is 12.5. The van der Waals surface area contributed by atoms with Crippen molar-refractivity contribution in [2.24, 2.45) is 0 Å². The average Bonchev–Trinajstić information content (AvgIpc) is 2.35. The Morgan fingerprint density at radius 3 is 1.84 bits per heavy atom.